The largest absolute Gasteiger partial charge is 0.353 e. The third-order valence-corrected chi connectivity index (χ3v) is 5.54. The number of guanidine groups is 1. The van der Waals surface area contributed by atoms with Crippen molar-refractivity contribution < 1.29 is 0 Å². The summed E-state index contributed by atoms with van der Waals surface area (Å²) in [5.74, 6) is 3.64. The highest BCUT2D eigenvalue weighted by atomic mass is 15.4. The minimum atomic E-state index is 0.573. The van der Waals surface area contributed by atoms with Crippen LogP contribution in [0.1, 0.15) is 51.2 Å². The Morgan fingerprint density at radius 3 is 2.42 bits per heavy atom. The predicted molar refractivity (Wildman–Crippen MR) is 105 cm³/mol. The van der Waals surface area contributed by atoms with Gasteiger partial charge in [0, 0.05) is 45.8 Å². The summed E-state index contributed by atoms with van der Waals surface area (Å²) < 4.78 is 2.03. The molecular formula is C19H35N7. The summed E-state index contributed by atoms with van der Waals surface area (Å²) in [5, 5.41) is 12.1. The molecule has 1 aromatic heterocycles. The number of piperazine rings is 1. The molecule has 7 nitrogen and oxygen atoms in total. The van der Waals surface area contributed by atoms with Gasteiger partial charge in [0.05, 0.1) is 0 Å². The van der Waals surface area contributed by atoms with E-state index in [1.165, 1.54) is 32.2 Å². The summed E-state index contributed by atoms with van der Waals surface area (Å²) in [6.45, 7) is 12.7. The molecule has 1 aromatic rings. The lowest BCUT2D eigenvalue weighted by Crippen LogP contribution is -2.54. The quantitative estimate of drug-likeness (QED) is 0.640. The van der Waals surface area contributed by atoms with Gasteiger partial charge in [0.15, 0.2) is 11.8 Å². The first-order valence-electron chi connectivity index (χ1n) is 10.2. The molecule has 2 fully saturated rings. The molecule has 0 radical (unpaired) electrons. The first kappa shape index (κ1) is 19.1. The van der Waals surface area contributed by atoms with Gasteiger partial charge in [-0.3, -0.25) is 4.90 Å². The Labute approximate surface area is 157 Å². The number of nitrogens with one attached hydrogen (secondary N) is 1. The molecule has 146 valence electrons. The van der Waals surface area contributed by atoms with Gasteiger partial charge in [0.1, 0.15) is 12.4 Å². The van der Waals surface area contributed by atoms with E-state index in [0.717, 1.165) is 49.7 Å². The second-order valence-corrected chi connectivity index (χ2v) is 8.17. The maximum absolute atomic E-state index is 4.93. The minimum absolute atomic E-state index is 0.573. The summed E-state index contributed by atoms with van der Waals surface area (Å²) in [6.07, 6.45) is 5.18. The van der Waals surface area contributed by atoms with Crippen LogP contribution in [-0.4, -0.2) is 69.3 Å². The summed E-state index contributed by atoms with van der Waals surface area (Å²) in [5.41, 5.74) is 0. The van der Waals surface area contributed by atoms with E-state index in [9.17, 15) is 0 Å². The smallest absolute Gasteiger partial charge is 0.194 e. The van der Waals surface area contributed by atoms with E-state index in [0.29, 0.717) is 12.6 Å². The van der Waals surface area contributed by atoms with Crippen molar-refractivity contribution in [2.75, 3.05) is 32.7 Å². The van der Waals surface area contributed by atoms with Crippen LogP contribution in [0.4, 0.5) is 0 Å². The van der Waals surface area contributed by atoms with Gasteiger partial charge < -0.3 is 14.8 Å². The highest BCUT2D eigenvalue weighted by Gasteiger charge is 2.23. The van der Waals surface area contributed by atoms with Gasteiger partial charge in [-0.1, -0.05) is 26.7 Å². The van der Waals surface area contributed by atoms with Crippen molar-refractivity contribution in [3.8, 4) is 0 Å². The number of rotatable bonds is 5. The Morgan fingerprint density at radius 1 is 1.15 bits per heavy atom. The molecular weight excluding hydrogens is 326 g/mol. The summed E-state index contributed by atoms with van der Waals surface area (Å²) in [7, 11) is 2.01. The molecule has 1 N–H and O–H groups in total. The van der Waals surface area contributed by atoms with Crippen LogP contribution in [0.25, 0.3) is 0 Å². The lowest BCUT2D eigenvalue weighted by atomic mass is 10.2. The average Bonchev–Trinajstić information content (AvgIpc) is 3.23. The van der Waals surface area contributed by atoms with Crippen LogP contribution in [0, 0.1) is 12.8 Å². The fraction of sp³-hybridized carbons (Fsp3) is 0.842. The zero-order valence-electron chi connectivity index (χ0n) is 16.9. The third-order valence-electron chi connectivity index (χ3n) is 5.54. The SMILES string of the molecule is Cc1nnc(CN=C(NC2CCCC2)N2CCN(CC(C)C)CC2)n1C. The number of hydrogen-bond acceptors (Lipinski definition) is 4. The van der Waals surface area contributed by atoms with Crippen LogP contribution in [0.3, 0.4) is 0 Å². The fourth-order valence-corrected chi connectivity index (χ4v) is 3.88. The minimum Gasteiger partial charge on any atom is -0.353 e. The van der Waals surface area contributed by atoms with Crippen LogP contribution in [0.15, 0.2) is 4.99 Å². The monoisotopic (exact) mass is 361 g/mol. The normalized spacial score (nSPS) is 20.3. The zero-order chi connectivity index (χ0) is 18.5. The van der Waals surface area contributed by atoms with Gasteiger partial charge in [-0.2, -0.15) is 0 Å². The van der Waals surface area contributed by atoms with Gasteiger partial charge >= 0.3 is 0 Å². The van der Waals surface area contributed by atoms with Crippen LogP contribution >= 0.6 is 0 Å². The van der Waals surface area contributed by atoms with Crippen LogP contribution in [0.5, 0.6) is 0 Å². The van der Waals surface area contributed by atoms with Gasteiger partial charge in [-0.25, -0.2) is 4.99 Å². The van der Waals surface area contributed by atoms with Gasteiger partial charge in [-0.15, -0.1) is 10.2 Å². The molecule has 2 heterocycles. The maximum Gasteiger partial charge on any atom is 0.194 e. The van der Waals surface area contributed by atoms with Crippen molar-refractivity contribution in [3.05, 3.63) is 11.6 Å². The number of hydrogen-bond donors (Lipinski definition) is 1. The van der Waals surface area contributed by atoms with Crippen LogP contribution < -0.4 is 5.32 Å². The topological polar surface area (TPSA) is 61.6 Å². The number of aryl methyl sites for hydroxylation is 1. The Balaban J connectivity index is 1.65. The van der Waals surface area contributed by atoms with E-state index >= 15 is 0 Å². The number of nitrogens with zero attached hydrogens (tertiary/aromatic N) is 6. The first-order valence-corrected chi connectivity index (χ1v) is 10.2. The highest BCUT2D eigenvalue weighted by molar-refractivity contribution is 5.80. The first-order chi connectivity index (χ1) is 12.5. The van der Waals surface area contributed by atoms with E-state index in [-0.39, 0.29) is 0 Å². The molecule has 1 saturated carbocycles. The molecule has 1 aliphatic heterocycles. The Hall–Kier alpha value is -1.63. The van der Waals surface area contributed by atoms with E-state index in [1.54, 1.807) is 0 Å². The lowest BCUT2D eigenvalue weighted by molar-refractivity contribution is 0.163. The third kappa shape index (κ3) is 4.96. The molecule has 0 unspecified atom stereocenters. The fourth-order valence-electron chi connectivity index (χ4n) is 3.88. The molecule has 26 heavy (non-hydrogen) atoms. The van der Waals surface area contributed by atoms with Crippen molar-refractivity contribution >= 4 is 5.96 Å². The van der Waals surface area contributed by atoms with Gasteiger partial charge in [0.2, 0.25) is 0 Å². The lowest BCUT2D eigenvalue weighted by Gasteiger charge is -2.38. The molecule has 1 saturated heterocycles. The zero-order valence-corrected chi connectivity index (χ0v) is 16.9. The van der Waals surface area contributed by atoms with E-state index in [4.69, 9.17) is 4.99 Å². The van der Waals surface area contributed by atoms with Crippen molar-refractivity contribution in [2.24, 2.45) is 18.0 Å². The van der Waals surface area contributed by atoms with E-state index < -0.39 is 0 Å². The maximum atomic E-state index is 4.93. The second-order valence-electron chi connectivity index (χ2n) is 8.17. The molecule has 0 aromatic carbocycles. The van der Waals surface area contributed by atoms with E-state index in [2.05, 4.69) is 39.2 Å². The van der Waals surface area contributed by atoms with Crippen LogP contribution in [-0.2, 0) is 13.6 Å². The molecule has 0 atom stereocenters. The summed E-state index contributed by atoms with van der Waals surface area (Å²) in [6, 6.07) is 0.573. The standard InChI is InChI=1S/C19H35N7/c1-15(2)14-25-9-11-26(12-10-25)19(21-17-7-5-6-8-17)20-13-18-23-22-16(3)24(18)4/h15,17H,5-14H2,1-4H3,(H,20,21). The number of aliphatic imine (C=N–C) groups is 1. The van der Waals surface area contributed by atoms with Gasteiger partial charge in [0.25, 0.3) is 0 Å². The van der Waals surface area contributed by atoms with Crippen molar-refractivity contribution in [3.63, 3.8) is 0 Å². The van der Waals surface area contributed by atoms with Crippen molar-refractivity contribution in [1.29, 1.82) is 0 Å². The molecule has 7 heteroatoms. The van der Waals surface area contributed by atoms with Crippen molar-refractivity contribution in [1.82, 2.24) is 29.9 Å². The molecule has 0 bridgehead atoms. The predicted octanol–water partition coefficient (Wildman–Crippen LogP) is 1.79. The molecule has 3 rings (SSSR count). The molecule has 1 aliphatic carbocycles. The number of aromatic nitrogens is 3. The van der Waals surface area contributed by atoms with Crippen LogP contribution in [0.2, 0.25) is 0 Å². The highest BCUT2D eigenvalue weighted by Crippen LogP contribution is 2.18. The van der Waals surface area contributed by atoms with Gasteiger partial charge in [-0.05, 0) is 25.7 Å². The Bertz CT molecular complexity index is 593. The summed E-state index contributed by atoms with van der Waals surface area (Å²) in [4.78, 5) is 9.93. The second kappa shape index (κ2) is 8.84. The Kier molecular flexibility index (Phi) is 6.51. The Morgan fingerprint density at radius 2 is 1.85 bits per heavy atom. The summed E-state index contributed by atoms with van der Waals surface area (Å²) >= 11 is 0. The van der Waals surface area contributed by atoms with E-state index in [1.807, 2.05) is 18.5 Å². The molecule has 0 amide bonds. The molecule has 0 spiro atoms. The van der Waals surface area contributed by atoms with Crippen molar-refractivity contribution in [2.45, 2.75) is 59.0 Å². The molecule has 2 aliphatic rings. The average molecular weight is 362 g/mol.